The quantitative estimate of drug-likeness (QED) is 0.391. The second-order valence-corrected chi connectivity index (χ2v) is 9.06. The number of aliphatic imine (C=N–C) groups is 1. The molecule has 4 aromatic rings. The Bertz CT molecular complexity index is 1490. The summed E-state index contributed by atoms with van der Waals surface area (Å²) < 4.78 is 1.63. The average molecular weight is 494 g/mol. The standard InChI is InChI=1S/C27H27N9O/c1-30-15-20(13-28)23-18-36-26(21(14-29)17-33-36)25(34-23)19-5-6-24(32-16-19)35-10-7-27(37,8-11-35)12-22-4-2-3-9-31-22/h2-6,9,13,15-18,37H,7-8,10-12,28H2,1H3. The van der Waals surface area contributed by atoms with E-state index in [2.05, 4.69) is 26.0 Å². The fourth-order valence-corrected chi connectivity index (χ4v) is 4.65. The molecule has 0 saturated carbocycles. The Morgan fingerprint density at radius 1 is 1.22 bits per heavy atom. The van der Waals surface area contributed by atoms with Crippen LogP contribution in [-0.2, 0) is 6.42 Å². The number of nitrogens with two attached hydrogens (primary N) is 1. The Morgan fingerprint density at radius 2 is 2.05 bits per heavy atom. The van der Waals surface area contributed by atoms with Crippen LogP contribution in [-0.4, -0.2) is 61.6 Å². The molecule has 10 nitrogen and oxygen atoms in total. The van der Waals surface area contributed by atoms with E-state index in [0.29, 0.717) is 60.4 Å². The van der Waals surface area contributed by atoms with Crippen LogP contribution in [0.5, 0.6) is 0 Å². The van der Waals surface area contributed by atoms with Crippen LogP contribution in [0.4, 0.5) is 5.82 Å². The predicted octanol–water partition coefficient (Wildman–Crippen LogP) is 2.63. The molecule has 5 heterocycles. The third-order valence-corrected chi connectivity index (χ3v) is 6.64. The van der Waals surface area contributed by atoms with Crippen molar-refractivity contribution in [2.24, 2.45) is 10.7 Å². The van der Waals surface area contributed by atoms with Gasteiger partial charge in [-0.25, -0.2) is 14.5 Å². The first kappa shape index (κ1) is 24.1. The third-order valence-electron chi connectivity index (χ3n) is 6.64. The molecule has 1 aliphatic heterocycles. The number of hydrogen-bond donors (Lipinski definition) is 2. The average Bonchev–Trinajstić information content (AvgIpc) is 3.35. The van der Waals surface area contributed by atoms with Gasteiger partial charge in [0.2, 0.25) is 0 Å². The van der Waals surface area contributed by atoms with Gasteiger partial charge in [0, 0.05) is 68.2 Å². The number of anilines is 1. The molecular formula is C27H27N9O. The van der Waals surface area contributed by atoms with Crippen LogP contribution in [0.2, 0.25) is 0 Å². The molecule has 0 bridgehead atoms. The van der Waals surface area contributed by atoms with E-state index < -0.39 is 5.60 Å². The van der Waals surface area contributed by atoms with Crippen LogP contribution >= 0.6 is 0 Å². The largest absolute Gasteiger partial charge is 0.404 e. The molecule has 186 valence electrons. The van der Waals surface area contributed by atoms with Crippen LogP contribution < -0.4 is 10.6 Å². The van der Waals surface area contributed by atoms with Crippen molar-refractivity contribution in [3.05, 3.63) is 78.3 Å². The number of rotatable bonds is 6. The lowest BCUT2D eigenvalue weighted by Crippen LogP contribution is -2.46. The van der Waals surface area contributed by atoms with Gasteiger partial charge in [0.05, 0.1) is 29.4 Å². The van der Waals surface area contributed by atoms with E-state index in [0.717, 1.165) is 17.1 Å². The minimum Gasteiger partial charge on any atom is -0.404 e. The zero-order chi connectivity index (χ0) is 25.8. The highest BCUT2D eigenvalue weighted by Crippen LogP contribution is 2.31. The molecule has 0 amide bonds. The van der Waals surface area contributed by atoms with Gasteiger partial charge in [-0.1, -0.05) is 6.07 Å². The summed E-state index contributed by atoms with van der Waals surface area (Å²) >= 11 is 0. The maximum absolute atomic E-state index is 11.1. The van der Waals surface area contributed by atoms with Crippen LogP contribution in [0.15, 0.2) is 66.3 Å². The molecule has 0 radical (unpaired) electrons. The molecule has 1 aliphatic rings. The summed E-state index contributed by atoms with van der Waals surface area (Å²) in [7, 11) is 1.66. The molecule has 0 spiro atoms. The second-order valence-electron chi connectivity index (χ2n) is 9.06. The van der Waals surface area contributed by atoms with Crippen molar-refractivity contribution in [2.45, 2.75) is 24.9 Å². The Hall–Kier alpha value is -4.62. The number of fused-ring (bicyclic) bond motifs is 1. The van der Waals surface area contributed by atoms with Crippen molar-refractivity contribution in [2.75, 3.05) is 25.0 Å². The summed E-state index contributed by atoms with van der Waals surface area (Å²) in [6, 6.07) is 11.8. The van der Waals surface area contributed by atoms with E-state index in [1.165, 1.54) is 12.4 Å². The number of piperidine rings is 1. The molecule has 37 heavy (non-hydrogen) atoms. The summed E-state index contributed by atoms with van der Waals surface area (Å²) in [5.41, 5.74) is 9.50. The van der Waals surface area contributed by atoms with Gasteiger partial charge in [-0.05, 0) is 37.1 Å². The zero-order valence-corrected chi connectivity index (χ0v) is 20.5. The molecule has 3 N–H and O–H groups in total. The lowest BCUT2D eigenvalue weighted by molar-refractivity contribution is 0.0156. The van der Waals surface area contributed by atoms with Gasteiger partial charge >= 0.3 is 0 Å². The Labute approximate surface area is 214 Å². The van der Waals surface area contributed by atoms with Gasteiger partial charge in [-0.2, -0.15) is 10.4 Å². The SMILES string of the molecule is CN=CC(=CN)c1cn2ncc(C#N)c2c(-c2ccc(N3CCC(O)(Cc4ccccn4)CC3)nc2)n1. The summed E-state index contributed by atoms with van der Waals surface area (Å²) in [5, 5.41) is 25.0. The number of aliphatic hydroxyl groups is 1. The van der Waals surface area contributed by atoms with Crippen molar-refractivity contribution < 1.29 is 5.11 Å². The lowest BCUT2D eigenvalue weighted by Gasteiger charge is -2.38. The summed E-state index contributed by atoms with van der Waals surface area (Å²) in [6.45, 7) is 1.38. The van der Waals surface area contributed by atoms with Gasteiger partial charge in [-0.15, -0.1) is 0 Å². The Morgan fingerprint density at radius 3 is 2.70 bits per heavy atom. The van der Waals surface area contributed by atoms with E-state index in [9.17, 15) is 10.4 Å². The van der Waals surface area contributed by atoms with E-state index >= 15 is 0 Å². The molecule has 4 aromatic heterocycles. The highest BCUT2D eigenvalue weighted by Gasteiger charge is 2.33. The van der Waals surface area contributed by atoms with Crippen molar-refractivity contribution in [3.8, 4) is 17.3 Å². The van der Waals surface area contributed by atoms with Crippen LogP contribution in [0.1, 0.15) is 29.8 Å². The molecule has 0 atom stereocenters. The topological polar surface area (TPSA) is 142 Å². The van der Waals surface area contributed by atoms with Crippen molar-refractivity contribution in [1.82, 2.24) is 24.6 Å². The first-order valence-electron chi connectivity index (χ1n) is 12.0. The van der Waals surface area contributed by atoms with Gasteiger partial charge in [0.1, 0.15) is 23.0 Å². The fourth-order valence-electron chi connectivity index (χ4n) is 4.65. The summed E-state index contributed by atoms with van der Waals surface area (Å²) in [4.78, 5) is 20.1. The first-order chi connectivity index (χ1) is 18.0. The number of nitrogens with zero attached hydrogens (tertiary/aromatic N) is 8. The van der Waals surface area contributed by atoms with Gasteiger partial charge in [0.15, 0.2) is 0 Å². The number of hydrogen-bond acceptors (Lipinski definition) is 9. The number of nitriles is 1. The van der Waals surface area contributed by atoms with Crippen molar-refractivity contribution in [1.29, 1.82) is 5.26 Å². The molecular weight excluding hydrogens is 466 g/mol. The molecule has 0 aliphatic carbocycles. The van der Waals surface area contributed by atoms with E-state index in [-0.39, 0.29) is 0 Å². The molecule has 0 unspecified atom stereocenters. The van der Waals surface area contributed by atoms with Gasteiger partial charge < -0.3 is 15.7 Å². The molecule has 0 aromatic carbocycles. The maximum atomic E-state index is 11.1. The van der Waals surface area contributed by atoms with Gasteiger partial charge in [0.25, 0.3) is 0 Å². The van der Waals surface area contributed by atoms with E-state index in [1.54, 1.807) is 36.4 Å². The minimum atomic E-state index is -0.771. The Kier molecular flexibility index (Phi) is 6.62. The summed E-state index contributed by atoms with van der Waals surface area (Å²) in [5.74, 6) is 0.825. The molecule has 1 fully saturated rings. The number of allylic oxidation sites excluding steroid dienone is 1. The third kappa shape index (κ3) is 4.90. The minimum absolute atomic E-state index is 0.420. The highest BCUT2D eigenvalue weighted by atomic mass is 16.3. The fraction of sp³-hybridized carbons (Fsp3) is 0.259. The van der Waals surface area contributed by atoms with E-state index in [4.69, 9.17) is 15.7 Å². The Balaban J connectivity index is 1.40. The predicted molar refractivity (Wildman–Crippen MR) is 142 cm³/mol. The maximum Gasteiger partial charge on any atom is 0.128 e. The van der Waals surface area contributed by atoms with Crippen molar-refractivity contribution in [3.63, 3.8) is 0 Å². The molecule has 1 saturated heterocycles. The van der Waals surface area contributed by atoms with Crippen LogP contribution in [0.3, 0.4) is 0 Å². The monoisotopic (exact) mass is 493 g/mol. The number of aromatic nitrogens is 5. The van der Waals surface area contributed by atoms with Gasteiger partial charge in [-0.3, -0.25) is 9.98 Å². The van der Waals surface area contributed by atoms with Crippen molar-refractivity contribution >= 4 is 23.1 Å². The zero-order valence-electron chi connectivity index (χ0n) is 20.5. The number of pyridine rings is 2. The van der Waals surface area contributed by atoms with Crippen LogP contribution in [0.25, 0.3) is 22.3 Å². The highest BCUT2D eigenvalue weighted by molar-refractivity contribution is 6.09. The molecule has 10 heteroatoms. The smallest absolute Gasteiger partial charge is 0.128 e. The first-order valence-corrected chi connectivity index (χ1v) is 12.0. The van der Waals surface area contributed by atoms with E-state index in [1.807, 2.05) is 30.3 Å². The lowest BCUT2D eigenvalue weighted by atomic mass is 9.87. The normalized spacial score (nSPS) is 15.8. The second kappa shape index (κ2) is 10.2. The summed E-state index contributed by atoms with van der Waals surface area (Å²) in [6.07, 6.45) is 11.6. The van der Waals surface area contributed by atoms with Crippen LogP contribution in [0, 0.1) is 11.3 Å². The molecule has 5 rings (SSSR count).